The predicted octanol–water partition coefficient (Wildman–Crippen LogP) is 5.75. The minimum atomic E-state index is -0.745. The molecule has 0 bridgehead atoms. The largest absolute Gasteiger partial charge is 0.507 e. The highest BCUT2D eigenvalue weighted by atomic mass is 35.5. The number of aliphatic hydroxyl groups is 1. The quantitative estimate of drug-likeness (QED) is 0.287. The number of hydrogen-bond donors (Lipinski definition) is 1. The zero-order valence-corrected chi connectivity index (χ0v) is 18.7. The van der Waals surface area contributed by atoms with Crippen LogP contribution in [-0.4, -0.2) is 28.8 Å². The second-order valence-electron chi connectivity index (χ2n) is 6.49. The third-order valence-electron chi connectivity index (χ3n) is 4.73. The minimum Gasteiger partial charge on any atom is -0.507 e. The van der Waals surface area contributed by atoms with Crippen molar-refractivity contribution < 1.29 is 19.4 Å². The molecule has 5 nitrogen and oxygen atoms in total. The van der Waals surface area contributed by atoms with Crippen LogP contribution in [0, 0.1) is 0 Å². The van der Waals surface area contributed by atoms with E-state index in [1.54, 1.807) is 0 Å². The van der Waals surface area contributed by atoms with E-state index in [1.165, 1.54) is 46.8 Å². The molecule has 1 aromatic carbocycles. The molecular weight excluding hydrogens is 465 g/mol. The molecule has 3 heterocycles. The first-order valence-corrected chi connectivity index (χ1v) is 11.3. The van der Waals surface area contributed by atoms with Crippen LogP contribution in [0.4, 0.5) is 0 Å². The van der Waals surface area contributed by atoms with Gasteiger partial charge in [0.25, 0.3) is 11.7 Å². The highest BCUT2D eigenvalue weighted by Crippen LogP contribution is 2.43. The highest BCUT2D eigenvalue weighted by molar-refractivity contribution is 7.10. The van der Waals surface area contributed by atoms with E-state index in [0.717, 1.165) is 9.75 Å². The average molecular weight is 480 g/mol. The van der Waals surface area contributed by atoms with Crippen molar-refractivity contribution in [3.63, 3.8) is 0 Å². The molecule has 1 N–H and O–H groups in total. The van der Waals surface area contributed by atoms with Gasteiger partial charge in [-0.2, -0.15) is 0 Å². The van der Waals surface area contributed by atoms with Crippen molar-refractivity contribution in [2.45, 2.75) is 12.6 Å². The average Bonchev–Trinajstić information content (AvgIpc) is 3.46. The maximum atomic E-state index is 13.0. The number of methoxy groups -OCH3 is 1. The number of Topliss-reactive ketones (excluding diaryl/α,β-unsaturated/α-hetero) is 1. The first-order valence-electron chi connectivity index (χ1n) is 8.80. The van der Waals surface area contributed by atoms with Crippen LogP contribution in [0.5, 0.6) is 5.75 Å². The summed E-state index contributed by atoms with van der Waals surface area (Å²) in [6.07, 6.45) is 0. The van der Waals surface area contributed by atoms with Gasteiger partial charge in [-0.05, 0) is 35.0 Å². The number of halogens is 2. The van der Waals surface area contributed by atoms with E-state index in [9.17, 15) is 14.7 Å². The lowest BCUT2D eigenvalue weighted by Crippen LogP contribution is -2.28. The van der Waals surface area contributed by atoms with Crippen LogP contribution in [0.1, 0.15) is 21.4 Å². The smallest absolute Gasteiger partial charge is 0.296 e. The molecule has 1 aliphatic heterocycles. The molecule has 1 amide bonds. The lowest BCUT2D eigenvalue weighted by molar-refractivity contribution is -0.140. The van der Waals surface area contributed by atoms with E-state index in [4.69, 9.17) is 27.9 Å². The number of aliphatic hydroxyl groups excluding tert-OH is 1. The van der Waals surface area contributed by atoms with Gasteiger partial charge in [-0.15, -0.1) is 22.7 Å². The molecule has 0 saturated carbocycles. The molecule has 2 aromatic heterocycles. The maximum absolute atomic E-state index is 13.0. The Morgan fingerprint density at radius 1 is 1.13 bits per heavy atom. The van der Waals surface area contributed by atoms with Crippen LogP contribution in [0.2, 0.25) is 10.0 Å². The number of ketones is 1. The summed E-state index contributed by atoms with van der Waals surface area (Å²) in [5.41, 5.74) is 0.248. The van der Waals surface area contributed by atoms with Crippen molar-refractivity contribution >= 4 is 63.3 Å². The number of benzene rings is 1. The fraction of sp³-hybridized carbons (Fsp3) is 0.143. The standard InChI is InChI=1S/C21H15Cl2NO4S2/c1-28-20-13(22)8-11(9-14(20)23)18(25)16-17(15-5-3-7-30-15)24(21(27)19(16)26)10-12-4-2-6-29-12/h2-9,17,25H,10H2,1H3/b18-16-. The molecule has 1 fully saturated rings. The molecule has 4 rings (SSSR count). The van der Waals surface area contributed by atoms with Crippen molar-refractivity contribution in [1.82, 2.24) is 4.90 Å². The molecule has 0 aliphatic carbocycles. The van der Waals surface area contributed by atoms with Crippen LogP contribution in [0.15, 0.2) is 52.7 Å². The second kappa shape index (κ2) is 8.43. The Hall–Kier alpha value is -2.32. The SMILES string of the molecule is COc1c(Cl)cc(/C(O)=C2/C(=O)C(=O)N(Cc3cccs3)C2c2cccs2)cc1Cl. The number of thiophene rings is 2. The maximum Gasteiger partial charge on any atom is 0.296 e. The number of nitrogens with zero attached hydrogens (tertiary/aromatic N) is 1. The van der Waals surface area contributed by atoms with Crippen molar-refractivity contribution in [1.29, 1.82) is 0 Å². The van der Waals surface area contributed by atoms with Gasteiger partial charge in [0.15, 0.2) is 5.75 Å². The van der Waals surface area contributed by atoms with E-state index >= 15 is 0 Å². The van der Waals surface area contributed by atoms with Gasteiger partial charge in [0, 0.05) is 15.3 Å². The topological polar surface area (TPSA) is 66.8 Å². The number of likely N-dealkylation sites (tertiary alicyclic amines) is 1. The van der Waals surface area contributed by atoms with E-state index in [2.05, 4.69) is 0 Å². The normalized spacial score (nSPS) is 18.2. The van der Waals surface area contributed by atoms with E-state index in [-0.39, 0.29) is 39.2 Å². The molecule has 1 unspecified atom stereocenters. The van der Waals surface area contributed by atoms with Crippen LogP contribution in [0.25, 0.3) is 5.76 Å². The van der Waals surface area contributed by atoms with Gasteiger partial charge in [-0.3, -0.25) is 9.59 Å². The van der Waals surface area contributed by atoms with E-state index in [0.29, 0.717) is 0 Å². The lowest BCUT2D eigenvalue weighted by Gasteiger charge is -2.23. The number of carbonyl (C=O) groups is 2. The zero-order valence-electron chi connectivity index (χ0n) is 15.6. The summed E-state index contributed by atoms with van der Waals surface area (Å²) in [5.74, 6) is -1.46. The Labute approximate surface area is 190 Å². The van der Waals surface area contributed by atoms with Gasteiger partial charge in [0.1, 0.15) is 11.8 Å². The predicted molar refractivity (Wildman–Crippen MR) is 119 cm³/mol. The van der Waals surface area contributed by atoms with Gasteiger partial charge in [-0.1, -0.05) is 35.3 Å². The number of ether oxygens (including phenoxy) is 1. The monoisotopic (exact) mass is 479 g/mol. The first-order chi connectivity index (χ1) is 14.4. The Morgan fingerprint density at radius 2 is 1.80 bits per heavy atom. The van der Waals surface area contributed by atoms with Crippen molar-refractivity contribution in [3.05, 3.63) is 78.1 Å². The summed E-state index contributed by atoms with van der Waals surface area (Å²) in [4.78, 5) is 29.1. The Bertz CT molecular complexity index is 1120. The highest BCUT2D eigenvalue weighted by Gasteiger charge is 2.46. The first kappa shape index (κ1) is 20.9. The summed E-state index contributed by atoms with van der Waals surface area (Å²) in [6, 6.07) is 9.68. The van der Waals surface area contributed by atoms with Crippen LogP contribution >= 0.6 is 45.9 Å². The third-order valence-corrected chi connectivity index (χ3v) is 7.08. The summed E-state index contributed by atoms with van der Waals surface area (Å²) < 4.78 is 5.14. The number of amides is 1. The van der Waals surface area contributed by atoms with Crippen LogP contribution in [0.3, 0.4) is 0 Å². The molecule has 1 saturated heterocycles. The van der Waals surface area contributed by atoms with Gasteiger partial charge >= 0.3 is 0 Å². The second-order valence-corrected chi connectivity index (χ2v) is 9.32. The Balaban J connectivity index is 1.86. The molecule has 3 aromatic rings. The lowest BCUT2D eigenvalue weighted by atomic mass is 9.99. The van der Waals surface area contributed by atoms with Gasteiger partial charge in [-0.25, -0.2) is 0 Å². The molecule has 30 heavy (non-hydrogen) atoms. The molecule has 0 spiro atoms. The van der Waals surface area contributed by atoms with Crippen molar-refractivity contribution in [2.75, 3.05) is 7.11 Å². The fourth-order valence-corrected chi connectivity index (χ4v) is 5.59. The van der Waals surface area contributed by atoms with Gasteiger partial charge in [0.05, 0.1) is 29.3 Å². The number of rotatable bonds is 5. The fourth-order valence-electron chi connectivity index (χ4n) is 3.40. The molecule has 1 atom stereocenters. The summed E-state index contributed by atoms with van der Waals surface area (Å²) in [5, 5.41) is 15.2. The van der Waals surface area contributed by atoms with E-state index < -0.39 is 17.7 Å². The number of hydrogen-bond acceptors (Lipinski definition) is 6. The summed E-state index contributed by atoms with van der Waals surface area (Å²) in [6.45, 7) is 0.270. The Morgan fingerprint density at radius 3 is 2.37 bits per heavy atom. The minimum absolute atomic E-state index is 0.0105. The molecule has 9 heteroatoms. The number of carbonyl (C=O) groups excluding carboxylic acids is 2. The Kier molecular flexibility index (Phi) is 5.88. The van der Waals surface area contributed by atoms with Crippen molar-refractivity contribution in [3.8, 4) is 5.75 Å². The molecule has 1 aliphatic rings. The molecular formula is C21H15Cl2NO4S2. The summed E-state index contributed by atoms with van der Waals surface area (Å²) in [7, 11) is 1.43. The molecule has 0 radical (unpaired) electrons. The zero-order chi connectivity index (χ0) is 21.4. The molecule has 154 valence electrons. The van der Waals surface area contributed by atoms with E-state index in [1.807, 2.05) is 35.0 Å². The van der Waals surface area contributed by atoms with Crippen molar-refractivity contribution in [2.24, 2.45) is 0 Å². The van der Waals surface area contributed by atoms with Crippen LogP contribution in [-0.2, 0) is 16.1 Å². The summed E-state index contributed by atoms with van der Waals surface area (Å²) >= 11 is 15.3. The third kappa shape index (κ3) is 3.63. The van der Waals surface area contributed by atoms with Crippen LogP contribution < -0.4 is 4.74 Å². The van der Waals surface area contributed by atoms with Gasteiger partial charge < -0.3 is 14.7 Å². The van der Waals surface area contributed by atoms with Gasteiger partial charge in [0.2, 0.25) is 0 Å².